The summed E-state index contributed by atoms with van der Waals surface area (Å²) >= 11 is 0. The number of hydrogen-bond acceptors (Lipinski definition) is 2. The Bertz CT molecular complexity index is 532. The highest BCUT2D eigenvalue weighted by Crippen LogP contribution is 2.18. The lowest BCUT2D eigenvalue weighted by atomic mass is 10.0. The summed E-state index contributed by atoms with van der Waals surface area (Å²) < 4.78 is 0. The number of H-pyrrole nitrogens is 1. The highest BCUT2D eigenvalue weighted by molar-refractivity contribution is 5.82. The standard InChI is InChI=1S/C16H23N3/c1-19-10-3-2-6-14(19)12-17-11-13-5-4-7-16-15(13)8-9-18-16/h4-5,7-9,14,17-18H,2-3,6,10-12H2,1H3. The van der Waals surface area contributed by atoms with Crippen molar-refractivity contribution in [2.24, 2.45) is 0 Å². The van der Waals surface area contributed by atoms with Crippen molar-refractivity contribution in [1.82, 2.24) is 15.2 Å². The van der Waals surface area contributed by atoms with Crippen LogP contribution in [0.1, 0.15) is 24.8 Å². The number of likely N-dealkylation sites (N-methyl/N-ethyl adjacent to an activating group) is 1. The molecule has 1 fully saturated rings. The van der Waals surface area contributed by atoms with Crippen LogP contribution in [0.15, 0.2) is 30.5 Å². The molecule has 1 aliphatic heterocycles. The van der Waals surface area contributed by atoms with Crippen molar-refractivity contribution in [3.8, 4) is 0 Å². The van der Waals surface area contributed by atoms with Gasteiger partial charge >= 0.3 is 0 Å². The molecule has 1 aliphatic rings. The molecule has 1 atom stereocenters. The van der Waals surface area contributed by atoms with Gasteiger partial charge in [0.25, 0.3) is 0 Å². The Labute approximate surface area is 115 Å². The number of benzene rings is 1. The molecule has 0 radical (unpaired) electrons. The Morgan fingerprint density at radius 3 is 3.16 bits per heavy atom. The summed E-state index contributed by atoms with van der Waals surface area (Å²) in [4.78, 5) is 5.76. The minimum Gasteiger partial charge on any atom is -0.361 e. The van der Waals surface area contributed by atoms with E-state index in [1.165, 1.54) is 42.3 Å². The molecule has 3 rings (SSSR count). The Morgan fingerprint density at radius 2 is 2.26 bits per heavy atom. The predicted octanol–water partition coefficient (Wildman–Crippen LogP) is 2.74. The summed E-state index contributed by atoms with van der Waals surface area (Å²) in [7, 11) is 2.25. The molecule has 19 heavy (non-hydrogen) atoms. The van der Waals surface area contributed by atoms with Crippen LogP contribution in [-0.2, 0) is 6.54 Å². The van der Waals surface area contributed by atoms with Crippen molar-refractivity contribution in [2.45, 2.75) is 31.8 Å². The zero-order chi connectivity index (χ0) is 13.1. The van der Waals surface area contributed by atoms with Gasteiger partial charge in [-0.15, -0.1) is 0 Å². The van der Waals surface area contributed by atoms with E-state index in [0.717, 1.165) is 13.1 Å². The largest absolute Gasteiger partial charge is 0.361 e. The van der Waals surface area contributed by atoms with Crippen molar-refractivity contribution >= 4 is 10.9 Å². The highest BCUT2D eigenvalue weighted by Gasteiger charge is 2.17. The lowest BCUT2D eigenvalue weighted by Crippen LogP contribution is -2.42. The van der Waals surface area contributed by atoms with Gasteiger partial charge < -0.3 is 15.2 Å². The highest BCUT2D eigenvalue weighted by atomic mass is 15.2. The van der Waals surface area contributed by atoms with Gasteiger partial charge in [-0.1, -0.05) is 18.6 Å². The van der Waals surface area contributed by atoms with Gasteiger partial charge in [0.05, 0.1) is 0 Å². The molecule has 1 aromatic heterocycles. The smallest absolute Gasteiger partial charge is 0.0457 e. The normalized spacial score (nSPS) is 21.0. The Hall–Kier alpha value is -1.32. The molecule has 3 heteroatoms. The average molecular weight is 257 g/mol. The minimum absolute atomic E-state index is 0.708. The number of aromatic amines is 1. The molecule has 1 aromatic carbocycles. The number of likely N-dealkylation sites (tertiary alicyclic amines) is 1. The molecular weight excluding hydrogens is 234 g/mol. The summed E-state index contributed by atoms with van der Waals surface area (Å²) in [5.41, 5.74) is 2.62. The lowest BCUT2D eigenvalue weighted by Gasteiger charge is -2.32. The fourth-order valence-corrected chi connectivity index (χ4v) is 3.08. The van der Waals surface area contributed by atoms with Crippen LogP contribution in [-0.4, -0.2) is 36.1 Å². The first-order valence-electron chi connectivity index (χ1n) is 7.30. The molecule has 0 bridgehead atoms. The van der Waals surface area contributed by atoms with Crippen LogP contribution in [0, 0.1) is 0 Å². The number of nitrogens with zero attached hydrogens (tertiary/aromatic N) is 1. The summed E-state index contributed by atoms with van der Waals surface area (Å²) in [6.07, 6.45) is 6.08. The van der Waals surface area contributed by atoms with Gasteiger partial charge in [-0.05, 0) is 44.1 Å². The van der Waals surface area contributed by atoms with E-state index in [-0.39, 0.29) is 0 Å². The zero-order valence-corrected chi connectivity index (χ0v) is 11.7. The van der Waals surface area contributed by atoms with Crippen LogP contribution in [0.3, 0.4) is 0 Å². The van der Waals surface area contributed by atoms with Gasteiger partial charge in [-0.2, -0.15) is 0 Å². The second-order valence-corrected chi connectivity index (χ2v) is 5.62. The molecule has 102 valence electrons. The van der Waals surface area contributed by atoms with Gasteiger partial charge in [0.1, 0.15) is 0 Å². The maximum Gasteiger partial charge on any atom is 0.0457 e. The van der Waals surface area contributed by atoms with Crippen LogP contribution in [0.2, 0.25) is 0 Å². The fourth-order valence-electron chi connectivity index (χ4n) is 3.08. The topological polar surface area (TPSA) is 31.1 Å². The van der Waals surface area contributed by atoms with Crippen LogP contribution in [0.5, 0.6) is 0 Å². The second kappa shape index (κ2) is 5.76. The second-order valence-electron chi connectivity index (χ2n) is 5.62. The van der Waals surface area contributed by atoms with Crippen LogP contribution in [0.4, 0.5) is 0 Å². The van der Waals surface area contributed by atoms with Gasteiger partial charge in [-0.25, -0.2) is 0 Å². The lowest BCUT2D eigenvalue weighted by molar-refractivity contribution is 0.181. The molecule has 0 saturated carbocycles. The van der Waals surface area contributed by atoms with Gasteiger partial charge in [0.2, 0.25) is 0 Å². The minimum atomic E-state index is 0.708. The molecular formula is C16H23N3. The van der Waals surface area contributed by atoms with Crippen molar-refractivity contribution < 1.29 is 0 Å². The molecule has 0 spiro atoms. The van der Waals surface area contributed by atoms with E-state index < -0.39 is 0 Å². The molecule has 1 saturated heterocycles. The van der Waals surface area contributed by atoms with Gasteiger partial charge in [0, 0.05) is 36.2 Å². The van der Waals surface area contributed by atoms with Crippen molar-refractivity contribution in [3.05, 3.63) is 36.0 Å². The quantitative estimate of drug-likeness (QED) is 0.882. The SMILES string of the molecule is CN1CCCCC1CNCc1cccc2[nH]ccc12. The number of rotatable bonds is 4. The third-order valence-corrected chi connectivity index (χ3v) is 4.30. The van der Waals surface area contributed by atoms with E-state index in [2.05, 4.69) is 46.5 Å². The summed E-state index contributed by atoms with van der Waals surface area (Å²) in [6.45, 7) is 3.30. The number of aromatic nitrogens is 1. The molecule has 0 aliphatic carbocycles. The number of nitrogens with one attached hydrogen (secondary N) is 2. The fraction of sp³-hybridized carbons (Fsp3) is 0.500. The van der Waals surface area contributed by atoms with E-state index in [1.54, 1.807) is 0 Å². The average Bonchev–Trinajstić information content (AvgIpc) is 2.90. The van der Waals surface area contributed by atoms with Crippen LogP contribution in [0.25, 0.3) is 10.9 Å². The molecule has 2 aromatic rings. The van der Waals surface area contributed by atoms with Gasteiger partial charge in [0.15, 0.2) is 0 Å². The Morgan fingerprint density at radius 1 is 1.32 bits per heavy atom. The molecule has 2 N–H and O–H groups in total. The van der Waals surface area contributed by atoms with Crippen LogP contribution >= 0.6 is 0 Å². The van der Waals surface area contributed by atoms with Crippen molar-refractivity contribution in [1.29, 1.82) is 0 Å². The maximum atomic E-state index is 3.63. The molecule has 1 unspecified atom stereocenters. The van der Waals surface area contributed by atoms with Crippen molar-refractivity contribution in [2.75, 3.05) is 20.1 Å². The first-order valence-corrected chi connectivity index (χ1v) is 7.30. The third-order valence-electron chi connectivity index (χ3n) is 4.30. The zero-order valence-electron chi connectivity index (χ0n) is 11.7. The molecule has 0 amide bonds. The van der Waals surface area contributed by atoms with Crippen LogP contribution < -0.4 is 5.32 Å². The van der Waals surface area contributed by atoms with Crippen molar-refractivity contribution in [3.63, 3.8) is 0 Å². The summed E-state index contributed by atoms with van der Waals surface area (Å²) in [5.74, 6) is 0. The van der Waals surface area contributed by atoms with Gasteiger partial charge in [-0.3, -0.25) is 0 Å². The molecule has 2 heterocycles. The third kappa shape index (κ3) is 2.82. The van der Waals surface area contributed by atoms with E-state index in [1.807, 2.05) is 6.20 Å². The van der Waals surface area contributed by atoms with E-state index in [0.29, 0.717) is 6.04 Å². The number of hydrogen-bond donors (Lipinski definition) is 2. The Balaban J connectivity index is 1.58. The first-order chi connectivity index (χ1) is 9.34. The van der Waals surface area contributed by atoms with E-state index >= 15 is 0 Å². The summed E-state index contributed by atoms with van der Waals surface area (Å²) in [5, 5.41) is 4.97. The number of fused-ring (bicyclic) bond motifs is 1. The van der Waals surface area contributed by atoms with E-state index in [4.69, 9.17) is 0 Å². The Kier molecular flexibility index (Phi) is 3.85. The monoisotopic (exact) mass is 257 g/mol. The van der Waals surface area contributed by atoms with E-state index in [9.17, 15) is 0 Å². The first kappa shape index (κ1) is 12.7. The summed E-state index contributed by atoms with van der Waals surface area (Å²) in [6, 6.07) is 9.35. The molecule has 3 nitrogen and oxygen atoms in total. The maximum absolute atomic E-state index is 3.63. The predicted molar refractivity (Wildman–Crippen MR) is 80.3 cm³/mol. The number of piperidine rings is 1.